The molecule has 0 bridgehead atoms. The summed E-state index contributed by atoms with van der Waals surface area (Å²) in [5.41, 5.74) is 0. The minimum atomic E-state index is 0. The van der Waals surface area contributed by atoms with Crippen molar-refractivity contribution in [2.24, 2.45) is 0 Å². The SMILES string of the molecule is C.CC.CN(C)C.CN1CN(C)C1.N. The fourth-order valence-electron chi connectivity index (χ4n) is 0.783. The Morgan fingerprint density at radius 3 is 1.00 bits per heavy atom. The van der Waals surface area contributed by atoms with E-state index in [4.69, 9.17) is 0 Å². The van der Waals surface area contributed by atoms with E-state index in [9.17, 15) is 0 Å². The molecule has 1 rings (SSSR count). The lowest BCUT2D eigenvalue weighted by Gasteiger charge is -2.36. The first kappa shape index (κ1) is 23.6. The van der Waals surface area contributed by atoms with Crippen molar-refractivity contribution in [3.63, 3.8) is 0 Å². The Balaban J connectivity index is -0.0000000567. The fourth-order valence-corrected chi connectivity index (χ4v) is 0.783. The Hall–Kier alpha value is -0.160. The van der Waals surface area contributed by atoms with Crippen LogP contribution in [0, 0.1) is 0 Å². The van der Waals surface area contributed by atoms with Crippen LogP contribution in [-0.2, 0) is 0 Å². The van der Waals surface area contributed by atoms with E-state index in [1.807, 2.05) is 39.9 Å². The summed E-state index contributed by atoms with van der Waals surface area (Å²) in [5.74, 6) is 0. The van der Waals surface area contributed by atoms with Gasteiger partial charge in [0.25, 0.3) is 0 Å². The minimum absolute atomic E-state index is 0. The van der Waals surface area contributed by atoms with E-state index >= 15 is 0 Å². The second kappa shape index (κ2) is 15.3. The van der Waals surface area contributed by atoms with Crippen LogP contribution in [0.5, 0.6) is 0 Å². The smallest absolute Gasteiger partial charge is 0.0523 e. The van der Waals surface area contributed by atoms with Crippen LogP contribution in [0.1, 0.15) is 21.3 Å². The largest absolute Gasteiger partial charge is 0.344 e. The molecule has 1 aliphatic heterocycles. The molecule has 1 heterocycles. The molecule has 0 radical (unpaired) electrons. The van der Waals surface area contributed by atoms with Gasteiger partial charge < -0.3 is 11.1 Å². The number of rotatable bonds is 0. The van der Waals surface area contributed by atoms with Crippen molar-refractivity contribution in [1.82, 2.24) is 20.9 Å². The monoisotopic (exact) mass is 208 g/mol. The van der Waals surface area contributed by atoms with Crippen LogP contribution in [0.2, 0.25) is 0 Å². The van der Waals surface area contributed by atoms with Crippen LogP contribution in [0.15, 0.2) is 0 Å². The highest BCUT2D eigenvalue weighted by molar-refractivity contribution is 4.58. The highest BCUT2D eigenvalue weighted by atomic mass is 15.5. The van der Waals surface area contributed by atoms with Crippen LogP contribution < -0.4 is 6.15 Å². The van der Waals surface area contributed by atoms with Crippen molar-refractivity contribution in [3.05, 3.63) is 0 Å². The van der Waals surface area contributed by atoms with Gasteiger partial charge in [0.1, 0.15) is 0 Å². The van der Waals surface area contributed by atoms with Crippen molar-refractivity contribution in [3.8, 4) is 0 Å². The molecule has 0 aromatic carbocycles. The zero-order valence-electron chi connectivity index (χ0n) is 10.5. The fraction of sp³-hybridized carbons (Fsp3) is 1.00. The first-order chi connectivity index (χ1) is 5.52. The zero-order chi connectivity index (χ0) is 10.1. The molecule has 1 aliphatic rings. The predicted octanol–water partition coefficient (Wildman–Crippen LogP) is 1.78. The molecule has 4 nitrogen and oxygen atoms in total. The van der Waals surface area contributed by atoms with Crippen molar-refractivity contribution in [2.45, 2.75) is 21.3 Å². The second-order valence-electron chi connectivity index (χ2n) is 3.34. The molecule has 0 aromatic rings. The van der Waals surface area contributed by atoms with Gasteiger partial charge >= 0.3 is 0 Å². The predicted molar refractivity (Wildman–Crippen MR) is 68.0 cm³/mol. The van der Waals surface area contributed by atoms with E-state index in [-0.39, 0.29) is 13.6 Å². The highest BCUT2D eigenvalue weighted by Crippen LogP contribution is 1.98. The lowest BCUT2D eigenvalue weighted by Crippen LogP contribution is -2.50. The van der Waals surface area contributed by atoms with E-state index in [1.165, 1.54) is 0 Å². The Bertz CT molecular complexity index is 71.4. The van der Waals surface area contributed by atoms with E-state index in [0.29, 0.717) is 0 Å². The van der Waals surface area contributed by atoms with Crippen molar-refractivity contribution in [2.75, 3.05) is 48.6 Å². The van der Waals surface area contributed by atoms with Crippen molar-refractivity contribution >= 4 is 0 Å². The van der Waals surface area contributed by atoms with Gasteiger partial charge in [0.05, 0.1) is 13.3 Å². The number of hydrogen-bond donors (Lipinski definition) is 1. The van der Waals surface area contributed by atoms with E-state index in [0.717, 1.165) is 13.3 Å². The van der Waals surface area contributed by atoms with Gasteiger partial charge in [-0.3, -0.25) is 9.80 Å². The van der Waals surface area contributed by atoms with Crippen LogP contribution in [0.25, 0.3) is 0 Å². The average molecular weight is 208 g/mol. The van der Waals surface area contributed by atoms with E-state index in [1.54, 1.807) is 0 Å². The van der Waals surface area contributed by atoms with Crippen LogP contribution in [0.3, 0.4) is 0 Å². The van der Waals surface area contributed by atoms with Gasteiger partial charge in [-0.15, -0.1) is 0 Å². The molecule has 0 aliphatic carbocycles. The van der Waals surface area contributed by atoms with Gasteiger partial charge in [-0.1, -0.05) is 21.3 Å². The van der Waals surface area contributed by atoms with Crippen molar-refractivity contribution < 1.29 is 0 Å². The maximum absolute atomic E-state index is 2.25. The molecule has 0 aromatic heterocycles. The van der Waals surface area contributed by atoms with Gasteiger partial charge in [-0.2, -0.15) is 0 Å². The molecule has 0 saturated carbocycles. The molecule has 3 N–H and O–H groups in total. The van der Waals surface area contributed by atoms with Gasteiger partial charge in [0.15, 0.2) is 0 Å². The number of nitrogens with zero attached hydrogens (tertiary/aromatic N) is 3. The quantitative estimate of drug-likeness (QED) is 0.659. The number of hydrogen-bond acceptors (Lipinski definition) is 4. The normalized spacial score (nSPS) is 14.6. The summed E-state index contributed by atoms with van der Waals surface area (Å²) in [7, 11) is 10.2. The maximum atomic E-state index is 2.25. The molecule has 0 unspecified atom stereocenters. The third-order valence-corrected chi connectivity index (χ3v) is 0.966. The average Bonchev–Trinajstić information content (AvgIpc) is 1.88. The summed E-state index contributed by atoms with van der Waals surface area (Å²) in [5, 5.41) is 0. The van der Waals surface area contributed by atoms with Crippen LogP contribution >= 0.6 is 0 Å². The maximum Gasteiger partial charge on any atom is 0.0523 e. The van der Waals surface area contributed by atoms with Crippen LogP contribution in [-0.4, -0.2) is 63.3 Å². The molecule has 0 spiro atoms. The first-order valence-corrected chi connectivity index (χ1v) is 4.50. The Kier molecular flexibility index (Phi) is 25.8. The van der Waals surface area contributed by atoms with Gasteiger partial charge in [-0.25, -0.2) is 0 Å². The summed E-state index contributed by atoms with van der Waals surface area (Å²) in [6.07, 6.45) is 0. The molecule has 0 amide bonds. The molecule has 14 heavy (non-hydrogen) atoms. The standard InChI is InChI=1S/C4H10N2.C3H9N.C2H6.CH4.H3N/c1-5-3-6(2)4-5;1-4(2)3;1-2;;/h3-4H2,1-2H3;1-3H3;1-2H3;1H4;1H3. The Morgan fingerprint density at radius 1 is 0.857 bits per heavy atom. The molecule has 4 heteroatoms. The van der Waals surface area contributed by atoms with Gasteiger partial charge in [-0.05, 0) is 35.2 Å². The highest BCUT2D eigenvalue weighted by Gasteiger charge is 2.12. The second-order valence-corrected chi connectivity index (χ2v) is 3.34. The van der Waals surface area contributed by atoms with E-state index < -0.39 is 0 Å². The lowest BCUT2D eigenvalue weighted by molar-refractivity contribution is 0.0149. The topological polar surface area (TPSA) is 44.7 Å². The Labute approximate surface area is 91.5 Å². The van der Waals surface area contributed by atoms with E-state index in [2.05, 4.69) is 23.9 Å². The molecular weight excluding hydrogens is 176 g/mol. The summed E-state index contributed by atoms with van der Waals surface area (Å²) in [6.45, 7) is 6.28. The van der Waals surface area contributed by atoms with Gasteiger partial charge in [0, 0.05) is 0 Å². The van der Waals surface area contributed by atoms with Gasteiger partial charge in [0.2, 0.25) is 0 Å². The minimum Gasteiger partial charge on any atom is -0.344 e. The third kappa shape index (κ3) is 22.6. The summed E-state index contributed by atoms with van der Waals surface area (Å²) in [6, 6.07) is 0. The molecular formula is C10H32N4. The lowest BCUT2D eigenvalue weighted by atomic mass is 10.6. The third-order valence-electron chi connectivity index (χ3n) is 0.966. The zero-order valence-corrected chi connectivity index (χ0v) is 10.5. The summed E-state index contributed by atoms with van der Waals surface area (Å²) in [4.78, 5) is 6.50. The molecule has 1 fully saturated rings. The summed E-state index contributed by atoms with van der Waals surface area (Å²) < 4.78 is 0. The summed E-state index contributed by atoms with van der Waals surface area (Å²) >= 11 is 0. The molecule has 92 valence electrons. The van der Waals surface area contributed by atoms with Crippen LogP contribution in [0.4, 0.5) is 0 Å². The van der Waals surface area contributed by atoms with Crippen molar-refractivity contribution in [1.29, 1.82) is 0 Å². The molecule has 1 saturated heterocycles. The first-order valence-electron chi connectivity index (χ1n) is 4.50. The Morgan fingerprint density at radius 2 is 1.00 bits per heavy atom. The molecule has 0 atom stereocenters.